The van der Waals surface area contributed by atoms with E-state index in [-0.39, 0.29) is 6.54 Å². The Labute approximate surface area is 116 Å². The van der Waals surface area contributed by atoms with Gasteiger partial charge in [0.05, 0.1) is 7.11 Å². The van der Waals surface area contributed by atoms with Crippen molar-refractivity contribution in [3.63, 3.8) is 0 Å². The molecule has 1 atom stereocenters. The third-order valence-corrected chi connectivity index (χ3v) is 3.00. The Morgan fingerprint density at radius 2 is 2.11 bits per heavy atom. The number of carbonyl (C=O) groups excluding carboxylic acids is 1. The molecule has 0 saturated heterocycles. The number of carboxylic acids is 1. The molecular weight excluding hydrogens is 270 g/mol. The highest BCUT2D eigenvalue weighted by atomic mass is 35.5. The Morgan fingerprint density at radius 1 is 1.47 bits per heavy atom. The molecule has 0 heterocycles. The van der Waals surface area contributed by atoms with Gasteiger partial charge in [-0.2, -0.15) is 0 Å². The van der Waals surface area contributed by atoms with Crippen LogP contribution in [0.15, 0.2) is 18.2 Å². The number of methoxy groups -OCH3 is 1. The number of carbonyl (C=O) groups is 2. The summed E-state index contributed by atoms with van der Waals surface area (Å²) >= 11 is 5.90. The molecule has 0 aliphatic heterocycles. The number of hydrogen-bond acceptors (Lipinski definition) is 3. The van der Waals surface area contributed by atoms with Crippen LogP contribution in [0.1, 0.15) is 12.5 Å². The smallest absolute Gasteiger partial charge is 0.315 e. The van der Waals surface area contributed by atoms with E-state index in [0.29, 0.717) is 10.8 Å². The predicted molar refractivity (Wildman–Crippen MR) is 71.3 cm³/mol. The Hall–Kier alpha value is -1.75. The average molecular weight is 286 g/mol. The molecular formula is C13H16ClNO4. The minimum Gasteiger partial charge on any atom is -0.496 e. The van der Waals surface area contributed by atoms with Crippen molar-refractivity contribution in [2.75, 3.05) is 14.2 Å². The van der Waals surface area contributed by atoms with Crippen LogP contribution in [-0.4, -0.2) is 36.0 Å². The van der Waals surface area contributed by atoms with Crippen LogP contribution in [0.5, 0.6) is 5.75 Å². The summed E-state index contributed by atoms with van der Waals surface area (Å²) in [6, 6.07) is 5.08. The third kappa shape index (κ3) is 3.86. The highest BCUT2D eigenvalue weighted by molar-refractivity contribution is 6.30. The molecule has 19 heavy (non-hydrogen) atoms. The van der Waals surface area contributed by atoms with Crippen molar-refractivity contribution in [3.05, 3.63) is 28.8 Å². The molecule has 1 unspecified atom stereocenters. The van der Waals surface area contributed by atoms with Crippen LogP contribution in [-0.2, 0) is 16.1 Å². The first-order valence-corrected chi connectivity index (χ1v) is 6.04. The first kappa shape index (κ1) is 15.3. The van der Waals surface area contributed by atoms with Crippen molar-refractivity contribution in [3.8, 4) is 5.75 Å². The summed E-state index contributed by atoms with van der Waals surface area (Å²) in [5.74, 6) is -2.08. The zero-order valence-electron chi connectivity index (χ0n) is 11.0. The van der Waals surface area contributed by atoms with Gasteiger partial charge in [-0.1, -0.05) is 11.6 Å². The fourth-order valence-corrected chi connectivity index (χ4v) is 1.84. The molecule has 0 bridgehead atoms. The van der Waals surface area contributed by atoms with Gasteiger partial charge in [0.15, 0.2) is 0 Å². The maximum Gasteiger partial charge on any atom is 0.315 e. The maximum absolute atomic E-state index is 11.8. The van der Waals surface area contributed by atoms with E-state index in [1.807, 2.05) is 0 Å². The topological polar surface area (TPSA) is 66.8 Å². The Morgan fingerprint density at radius 3 is 2.63 bits per heavy atom. The van der Waals surface area contributed by atoms with Gasteiger partial charge in [-0.25, -0.2) is 0 Å². The minimum absolute atomic E-state index is 0.236. The van der Waals surface area contributed by atoms with Crippen molar-refractivity contribution < 1.29 is 19.4 Å². The van der Waals surface area contributed by atoms with Crippen LogP contribution >= 0.6 is 11.6 Å². The van der Waals surface area contributed by atoms with Crippen LogP contribution in [0.25, 0.3) is 0 Å². The SMILES string of the molecule is COc1ccc(Cl)cc1CN(C)C(=O)C(C)C(=O)O. The van der Waals surface area contributed by atoms with Gasteiger partial charge in [-0.05, 0) is 25.1 Å². The van der Waals surface area contributed by atoms with Gasteiger partial charge in [0.1, 0.15) is 11.7 Å². The second-order valence-electron chi connectivity index (χ2n) is 4.21. The summed E-state index contributed by atoms with van der Waals surface area (Å²) in [5.41, 5.74) is 0.725. The second-order valence-corrected chi connectivity index (χ2v) is 4.65. The van der Waals surface area contributed by atoms with Crippen LogP contribution in [0.4, 0.5) is 0 Å². The van der Waals surface area contributed by atoms with Crippen molar-refractivity contribution in [2.45, 2.75) is 13.5 Å². The van der Waals surface area contributed by atoms with E-state index >= 15 is 0 Å². The lowest BCUT2D eigenvalue weighted by Gasteiger charge is -2.20. The average Bonchev–Trinajstić information content (AvgIpc) is 2.37. The quantitative estimate of drug-likeness (QED) is 0.841. The molecule has 0 spiro atoms. The maximum atomic E-state index is 11.8. The zero-order valence-corrected chi connectivity index (χ0v) is 11.8. The largest absolute Gasteiger partial charge is 0.496 e. The Kier molecular flexibility index (Phi) is 5.18. The molecule has 0 aliphatic carbocycles. The lowest BCUT2D eigenvalue weighted by atomic mass is 10.1. The number of hydrogen-bond donors (Lipinski definition) is 1. The normalized spacial score (nSPS) is 11.8. The summed E-state index contributed by atoms with van der Waals surface area (Å²) < 4.78 is 5.18. The molecule has 0 aromatic heterocycles. The highest BCUT2D eigenvalue weighted by Crippen LogP contribution is 2.24. The third-order valence-electron chi connectivity index (χ3n) is 2.77. The molecule has 1 aromatic rings. The molecule has 6 heteroatoms. The van der Waals surface area contributed by atoms with Crippen molar-refractivity contribution in [1.29, 1.82) is 0 Å². The lowest BCUT2D eigenvalue weighted by Crippen LogP contribution is -2.35. The number of ether oxygens (including phenoxy) is 1. The summed E-state index contributed by atoms with van der Waals surface area (Å²) in [7, 11) is 3.07. The van der Waals surface area contributed by atoms with Crippen molar-refractivity contribution >= 4 is 23.5 Å². The second kappa shape index (κ2) is 6.43. The van der Waals surface area contributed by atoms with E-state index in [9.17, 15) is 9.59 Å². The van der Waals surface area contributed by atoms with Gasteiger partial charge in [-0.3, -0.25) is 9.59 Å². The Bertz CT molecular complexity index is 490. The molecule has 1 amide bonds. The van der Waals surface area contributed by atoms with Gasteiger partial charge >= 0.3 is 5.97 Å². The number of rotatable bonds is 5. The number of nitrogens with zero attached hydrogens (tertiary/aromatic N) is 1. The molecule has 104 valence electrons. The van der Waals surface area contributed by atoms with Crippen LogP contribution in [0.2, 0.25) is 5.02 Å². The molecule has 0 aliphatic rings. The number of amides is 1. The summed E-state index contributed by atoms with van der Waals surface area (Å²) in [6.07, 6.45) is 0. The molecule has 1 N–H and O–H groups in total. The molecule has 5 nitrogen and oxygen atoms in total. The number of carboxylic acid groups (broad SMARTS) is 1. The van der Waals surface area contributed by atoms with E-state index in [1.54, 1.807) is 25.2 Å². The first-order chi connectivity index (χ1) is 8.86. The first-order valence-electron chi connectivity index (χ1n) is 5.67. The molecule has 0 saturated carbocycles. The number of benzene rings is 1. The summed E-state index contributed by atoms with van der Waals surface area (Å²) in [6.45, 7) is 1.59. The fraction of sp³-hybridized carbons (Fsp3) is 0.385. The van der Waals surface area contributed by atoms with Gasteiger partial charge in [0.25, 0.3) is 0 Å². The van der Waals surface area contributed by atoms with Crippen LogP contribution < -0.4 is 4.74 Å². The predicted octanol–water partition coefficient (Wildman–Crippen LogP) is 2.03. The van der Waals surface area contributed by atoms with E-state index in [0.717, 1.165) is 5.56 Å². The van der Waals surface area contributed by atoms with Crippen molar-refractivity contribution in [2.24, 2.45) is 5.92 Å². The Balaban J connectivity index is 2.87. The van der Waals surface area contributed by atoms with Gasteiger partial charge < -0.3 is 14.7 Å². The van der Waals surface area contributed by atoms with Crippen LogP contribution in [0.3, 0.4) is 0 Å². The van der Waals surface area contributed by atoms with Gasteiger partial charge in [0.2, 0.25) is 5.91 Å². The van der Waals surface area contributed by atoms with E-state index < -0.39 is 17.8 Å². The summed E-state index contributed by atoms with van der Waals surface area (Å²) in [5, 5.41) is 9.35. The van der Waals surface area contributed by atoms with E-state index in [1.165, 1.54) is 18.9 Å². The number of halogens is 1. The minimum atomic E-state index is -1.14. The molecule has 0 fully saturated rings. The van der Waals surface area contributed by atoms with Gasteiger partial charge in [-0.15, -0.1) is 0 Å². The fourth-order valence-electron chi connectivity index (χ4n) is 1.64. The summed E-state index contributed by atoms with van der Waals surface area (Å²) in [4.78, 5) is 24.0. The monoisotopic (exact) mass is 285 g/mol. The molecule has 1 rings (SSSR count). The molecule has 1 aromatic carbocycles. The highest BCUT2D eigenvalue weighted by Gasteiger charge is 2.24. The zero-order chi connectivity index (χ0) is 14.6. The number of aliphatic carboxylic acids is 1. The molecule has 0 radical (unpaired) electrons. The van der Waals surface area contributed by atoms with Crippen molar-refractivity contribution in [1.82, 2.24) is 4.90 Å². The van der Waals surface area contributed by atoms with Crippen LogP contribution in [0, 0.1) is 5.92 Å². The van der Waals surface area contributed by atoms with E-state index in [4.69, 9.17) is 21.4 Å². The van der Waals surface area contributed by atoms with Gasteiger partial charge in [0, 0.05) is 24.2 Å². The standard InChI is InChI=1S/C13H16ClNO4/c1-8(13(17)18)12(16)15(2)7-9-6-10(14)4-5-11(9)19-3/h4-6,8H,7H2,1-3H3,(H,17,18). The lowest BCUT2D eigenvalue weighted by molar-refractivity contribution is -0.149. The van der Waals surface area contributed by atoms with E-state index in [2.05, 4.69) is 0 Å².